The fourth-order valence-corrected chi connectivity index (χ4v) is 5.96. The molecule has 0 saturated heterocycles. The van der Waals surface area contributed by atoms with Gasteiger partial charge in [0.2, 0.25) is 0 Å². The molecule has 0 heterocycles. The van der Waals surface area contributed by atoms with Gasteiger partial charge in [-0.2, -0.15) is 0 Å². The van der Waals surface area contributed by atoms with Crippen LogP contribution in [0.15, 0.2) is 12.2 Å². The second kappa shape index (κ2) is 4.91. The molecule has 106 valence electrons. The predicted octanol–water partition coefficient (Wildman–Crippen LogP) is 4.43. The molecule has 4 fully saturated rings. The van der Waals surface area contributed by atoms with Crippen LogP contribution in [-0.4, -0.2) is 11.6 Å². The van der Waals surface area contributed by atoms with E-state index in [0.29, 0.717) is 11.6 Å². The molecular weight excluding hydrogens is 230 g/mol. The maximum atomic E-state index is 4.14. The summed E-state index contributed by atoms with van der Waals surface area (Å²) in [6, 6.07) is 0.677. The highest BCUT2D eigenvalue weighted by atomic mass is 15.0. The molecule has 0 aliphatic heterocycles. The molecule has 19 heavy (non-hydrogen) atoms. The molecule has 0 radical (unpaired) electrons. The zero-order chi connectivity index (χ0) is 12.7. The Hall–Kier alpha value is -0.300. The lowest BCUT2D eigenvalue weighted by Gasteiger charge is -2.58. The van der Waals surface area contributed by atoms with Gasteiger partial charge in [-0.15, -0.1) is 0 Å². The number of allylic oxidation sites excluding steroid dienone is 1. The summed E-state index contributed by atoms with van der Waals surface area (Å²) in [5.41, 5.74) is 0.545. The van der Waals surface area contributed by atoms with Crippen LogP contribution < -0.4 is 5.32 Å². The van der Waals surface area contributed by atoms with E-state index >= 15 is 0 Å². The number of rotatable bonds is 2. The Balaban J connectivity index is 1.47. The van der Waals surface area contributed by atoms with E-state index in [4.69, 9.17) is 0 Å². The van der Waals surface area contributed by atoms with E-state index < -0.39 is 0 Å². The molecule has 5 aliphatic carbocycles. The van der Waals surface area contributed by atoms with Gasteiger partial charge < -0.3 is 5.32 Å². The lowest BCUT2D eigenvalue weighted by atomic mass is 9.53. The first kappa shape index (κ1) is 12.4. The first-order valence-electron chi connectivity index (χ1n) is 8.76. The molecule has 0 aromatic carbocycles. The van der Waals surface area contributed by atoms with Crippen LogP contribution in [0.25, 0.3) is 0 Å². The molecule has 5 rings (SSSR count). The SMILES string of the molecule is C1=CC(NC23CC4CC(CC(C4)C2)C3)CCCCC1. The Morgan fingerprint density at radius 2 is 1.53 bits per heavy atom. The summed E-state index contributed by atoms with van der Waals surface area (Å²) in [5, 5.41) is 4.14. The third-order valence-electron chi connectivity index (χ3n) is 6.28. The Morgan fingerprint density at radius 1 is 0.842 bits per heavy atom. The first-order valence-corrected chi connectivity index (χ1v) is 8.76. The zero-order valence-corrected chi connectivity index (χ0v) is 12.2. The van der Waals surface area contributed by atoms with Crippen molar-refractivity contribution < 1.29 is 0 Å². The van der Waals surface area contributed by atoms with Crippen LogP contribution in [-0.2, 0) is 0 Å². The van der Waals surface area contributed by atoms with Crippen molar-refractivity contribution in [3.63, 3.8) is 0 Å². The summed E-state index contributed by atoms with van der Waals surface area (Å²) in [5.74, 6) is 3.20. The van der Waals surface area contributed by atoms with Gasteiger partial charge in [0, 0.05) is 11.6 Å². The van der Waals surface area contributed by atoms with Crippen LogP contribution in [0.4, 0.5) is 0 Å². The molecule has 0 spiro atoms. The van der Waals surface area contributed by atoms with Crippen LogP contribution in [0, 0.1) is 17.8 Å². The van der Waals surface area contributed by atoms with Crippen LogP contribution in [0.3, 0.4) is 0 Å². The third-order valence-corrected chi connectivity index (χ3v) is 6.28. The van der Waals surface area contributed by atoms with Gasteiger partial charge in [-0.1, -0.05) is 25.0 Å². The molecule has 1 atom stereocenters. The van der Waals surface area contributed by atoms with Crippen molar-refractivity contribution in [3.05, 3.63) is 12.2 Å². The molecule has 5 aliphatic rings. The van der Waals surface area contributed by atoms with Gasteiger partial charge in [-0.05, 0) is 75.5 Å². The summed E-state index contributed by atoms with van der Waals surface area (Å²) in [7, 11) is 0. The largest absolute Gasteiger partial charge is 0.305 e. The maximum absolute atomic E-state index is 4.14. The van der Waals surface area contributed by atoms with E-state index in [9.17, 15) is 0 Å². The molecule has 0 amide bonds. The topological polar surface area (TPSA) is 12.0 Å². The van der Waals surface area contributed by atoms with Gasteiger partial charge in [0.25, 0.3) is 0 Å². The number of hydrogen-bond acceptors (Lipinski definition) is 1. The van der Waals surface area contributed by atoms with Crippen molar-refractivity contribution in [2.24, 2.45) is 17.8 Å². The van der Waals surface area contributed by atoms with Crippen molar-refractivity contribution in [3.8, 4) is 0 Å². The highest BCUT2D eigenvalue weighted by Gasteiger charge is 2.51. The van der Waals surface area contributed by atoms with E-state index in [1.807, 2.05) is 0 Å². The van der Waals surface area contributed by atoms with Crippen molar-refractivity contribution in [1.82, 2.24) is 5.32 Å². The first-order chi connectivity index (χ1) is 9.31. The minimum absolute atomic E-state index is 0.545. The van der Waals surface area contributed by atoms with Crippen LogP contribution >= 0.6 is 0 Å². The molecular formula is C18H29N. The van der Waals surface area contributed by atoms with Gasteiger partial charge in [0.15, 0.2) is 0 Å². The van der Waals surface area contributed by atoms with Crippen molar-refractivity contribution in [2.45, 2.75) is 82.2 Å². The average molecular weight is 259 g/mol. The van der Waals surface area contributed by atoms with E-state index in [2.05, 4.69) is 17.5 Å². The quantitative estimate of drug-likeness (QED) is 0.723. The van der Waals surface area contributed by atoms with Crippen LogP contribution in [0.1, 0.15) is 70.6 Å². The molecule has 4 saturated carbocycles. The normalized spacial score (nSPS) is 49.1. The Labute approximate surface area is 118 Å². The summed E-state index contributed by atoms with van der Waals surface area (Å²) < 4.78 is 0. The summed E-state index contributed by atoms with van der Waals surface area (Å²) >= 11 is 0. The summed E-state index contributed by atoms with van der Waals surface area (Å²) in [4.78, 5) is 0. The van der Waals surface area contributed by atoms with E-state index in [1.54, 1.807) is 19.3 Å². The molecule has 1 N–H and O–H groups in total. The molecule has 0 aromatic heterocycles. The predicted molar refractivity (Wildman–Crippen MR) is 80.1 cm³/mol. The minimum atomic E-state index is 0.545. The van der Waals surface area contributed by atoms with Gasteiger partial charge >= 0.3 is 0 Å². The third kappa shape index (κ3) is 2.51. The van der Waals surface area contributed by atoms with Crippen LogP contribution in [0.2, 0.25) is 0 Å². The van der Waals surface area contributed by atoms with Gasteiger partial charge in [0.1, 0.15) is 0 Å². The number of nitrogens with one attached hydrogen (secondary N) is 1. The van der Waals surface area contributed by atoms with Gasteiger partial charge in [-0.25, -0.2) is 0 Å². The average Bonchev–Trinajstić information content (AvgIpc) is 2.30. The molecule has 0 aromatic rings. The highest BCUT2D eigenvalue weighted by Crippen LogP contribution is 2.55. The Morgan fingerprint density at radius 3 is 2.21 bits per heavy atom. The fourth-order valence-electron chi connectivity index (χ4n) is 5.96. The second-order valence-corrected chi connectivity index (χ2v) is 8.01. The highest BCUT2D eigenvalue weighted by molar-refractivity contribution is 5.09. The Kier molecular flexibility index (Phi) is 3.22. The van der Waals surface area contributed by atoms with Gasteiger partial charge in [-0.3, -0.25) is 0 Å². The lowest BCUT2D eigenvalue weighted by Crippen LogP contribution is -2.60. The van der Waals surface area contributed by atoms with Gasteiger partial charge in [0.05, 0.1) is 0 Å². The number of hydrogen-bond donors (Lipinski definition) is 1. The second-order valence-electron chi connectivity index (χ2n) is 8.01. The van der Waals surface area contributed by atoms with E-state index in [-0.39, 0.29) is 0 Å². The van der Waals surface area contributed by atoms with Crippen molar-refractivity contribution in [1.29, 1.82) is 0 Å². The van der Waals surface area contributed by atoms with Crippen LogP contribution in [0.5, 0.6) is 0 Å². The molecule has 4 bridgehead atoms. The van der Waals surface area contributed by atoms with E-state index in [0.717, 1.165) is 17.8 Å². The van der Waals surface area contributed by atoms with Crippen molar-refractivity contribution >= 4 is 0 Å². The van der Waals surface area contributed by atoms with Crippen molar-refractivity contribution in [2.75, 3.05) is 0 Å². The maximum Gasteiger partial charge on any atom is 0.0255 e. The zero-order valence-electron chi connectivity index (χ0n) is 12.2. The lowest BCUT2D eigenvalue weighted by molar-refractivity contribution is -0.0233. The minimum Gasteiger partial charge on any atom is -0.305 e. The molecule has 1 nitrogen and oxygen atoms in total. The molecule has 1 heteroatoms. The standard InChI is InChI=1S/C18H29N/c1-2-4-6-17(7-5-3-1)19-18-11-14-8-15(12-18)10-16(9-14)13-18/h4,6,14-17,19H,1-3,5,7-13H2. The molecule has 1 unspecified atom stereocenters. The fraction of sp³-hybridized carbons (Fsp3) is 0.889. The monoisotopic (exact) mass is 259 g/mol. The summed E-state index contributed by atoms with van der Waals surface area (Å²) in [6.45, 7) is 0. The smallest absolute Gasteiger partial charge is 0.0255 e. The summed E-state index contributed by atoms with van der Waals surface area (Å²) in [6.07, 6.45) is 21.0. The Bertz CT molecular complexity index is 321. The van der Waals surface area contributed by atoms with E-state index in [1.165, 1.54) is 51.4 Å².